The normalized spacial score (nSPS) is 17.3. The zero-order valence-electron chi connectivity index (χ0n) is 13.0. The van der Waals surface area contributed by atoms with Gasteiger partial charge in [-0.1, -0.05) is 17.7 Å². The number of hydrogen-bond donors (Lipinski definition) is 1. The Morgan fingerprint density at radius 1 is 1.29 bits per heavy atom. The first kappa shape index (κ1) is 14.0. The third kappa shape index (κ3) is 2.13. The molecule has 3 aromatic rings. The van der Waals surface area contributed by atoms with Crippen LogP contribution in [0.4, 0.5) is 0 Å². The smallest absolute Gasteiger partial charge is 0.290 e. The summed E-state index contributed by atoms with van der Waals surface area (Å²) in [6.07, 6.45) is 4.38. The van der Waals surface area contributed by atoms with Crippen LogP contribution >= 0.6 is 11.6 Å². The fourth-order valence-corrected chi connectivity index (χ4v) is 3.61. The Labute approximate surface area is 143 Å². The fraction of sp³-hybridized carbons (Fsp3) is 0.353. The van der Waals surface area contributed by atoms with E-state index in [1.807, 2.05) is 23.2 Å². The predicted octanol–water partition coefficient (Wildman–Crippen LogP) is 2.95. The molecule has 2 aromatic heterocycles. The van der Waals surface area contributed by atoms with Crippen molar-refractivity contribution >= 4 is 28.5 Å². The molecule has 7 heteroatoms. The van der Waals surface area contributed by atoms with Gasteiger partial charge in [0.05, 0.1) is 34.5 Å². The van der Waals surface area contributed by atoms with Gasteiger partial charge in [-0.2, -0.15) is 0 Å². The maximum absolute atomic E-state index is 12.8. The summed E-state index contributed by atoms with van der Waals surface area (Å²) in [7, 11) is 0. The second kappa shape index (κ2) is 5.08. The first-order valence-electron chi connectivity index (χ1n) is 8.18. The highest BCUT2D eigenvalue weighted by Gasteiger charge is 2.32. The Morgan fingerprint density at radius 3 is 2.96 bits per heavy atom. The Bertz CT molecular complexity index is 955. The van der Waals surface area contributed by atoms with Crippen LogP contribution in [-0.4, -0.2) is 36.9 Å². The van der Waals surface area contributed by atoms with Gasteiger partial charge in [-0.3, -0.25) is 4.79 Å². The molecule has 1 amide bonds. The van der Waals surface area contributed by atoms with Crippen molar-refractivity contribution in [1.82, 2.24) is 24.4 Å². The zero-order valence-corrected chi connectivity index (χ0v) is 13.8. The summed E-state index contributed by atoms with van der Waals surface area (Å²) in [6.45, 7) is 2.05. The summed E-state index contributed by atoms with van der Waals surface area (Å²) in [6, 6.07) is 5.47. The Hall–Kier alpha value is -2.34. The number of para-hydroxylation sites is 1. The van der Waals surface area contributed by atoms with Crippen molar-refractivity contribution in [2.24, 2.45) is 0 Å². The minimum Gasteiger partial charge on any atom is -0.333 e. The molecular weight excluding hydrogens is 326 g/mol. The number of benzene rings is 1. The quantitative estimate of drug-likeness (QED) is 0.779. The molecule has 1 aromatic carbocycles. The summed E-state index contributed by atoms with van der Waals surface area (Å²) in [5.74, 6) is 2.06. The van der Waals surface area contributed by atoms with Crippen molar-refractivity contribution < 1.29 is 4.79 Å². The molecule has 0 saturated heterocycles. The summed E-state index contributed by atoms with van der Waals surface area (Å²) in [5.41, 5.74) is 2.52. The molecule has 1 N–H and O–H groups in total. The van der Waals surface area contributed by atoms with Crippen molar-refractivity contribution in [3.05, 3.63) is 46.8 Å². The van der Waals surface area contributed by atoms with Crippen LogP contribution in [0.15, 0.2) is 24.4 Å². The molecule has 1 aliphatic carbocycles. The van der Waals surface area contributed by atoms with Gasteiger partial charge in [0, 0.05) is 19.0 Å². The molecule has 122 valence electrons. The molecule has 5 rings (SSSR count). The molecule has 6 nitrogen and oxygen atoms in total. The second-order valence-electron chi connectivity index (χ2n) is 6.48. The van der Waals surface area contributed by atoms with E-state index in [9.17, 15) is 4.79 Å². The molecule has 0 bridgehead atoms. The summed E-state index contributed by atoms with van der Waals surface area (Å²) in [4.78, 5) is 26.6. The largest absolute Gasteiger partial charge is 0.333 e. The van der Waals surface area contributed by atoms with Crippen molar-refractivity contribution in [2.75, 3.05) is 6.54 Å². The second-order valence-corrected chi connectivity index (χ2v) is 6.89. The minimum atomic E-state index is -0.0947. The van der Waals surface area contributed by atoms with Gasteiger partial charge in [0.2, 0.25) is 0 Å². The number of H-pyrrole nitrogens is 1. The molecule has 24 heavy (non-hydrogen) atoms. The van der Waals surface area contributed by atoms with Gasteiger partial charge in [0.15, 0.2) is 5.82 Å². The van der Waals surface area contributed by atoms with Gasteiger partial charge in [-0.25, -0.2) is 9.97 Å². The van der Waals surface area contributed by atoms with Crippen LogP contribution in [0.25, 0.3) is 11.0 Å². The number of nitrogens with one attached hydrogen (secondary N) is 1. The number of fused-ring (bicyclic) bond motifs is 2. The first-order valence-corrected chi connectivity index (χ1v) is 8.56. The number of carbonyl (C=O) groups excluding carboxylic acids is 1. The average Bonchev–Trinajstić information content (AvgIpc) is 3.19. The van der Waals surface area contributed by atoms with Gasteiger partial charge in [0.1, 0.15) is 5.82 Å². The average molecular weight is 342 g/mol. The van der Waals surface area contributed by atoms with E-state index in [0.717, 1.165) is 12.2 Å². The van der Waals surface area contributed by atoms with E-state index in [1.165, 1.54) is 18.7 Å². The highest BCUT2D eigenvalue weighted by molar-refractivity contribution is 6.35. The van der Waals surface area contributed by atoms with E-state index in [2.05, 4.69) is 19.5 Å². The van der Waals surface area contributed by atoms with E-state index in [-0.39, 0.29) is 5.91 Å². The molecule has 1 aliphatic heterocycles. The monoisotopic (exact) mass is 341 g/mol. The predicted molar refractivity (Wildman–Crippen MR) is 90.0 cm³/mol. The van der Waals surface area contributed by atoms with Crippen LogP contribution in [0.1, 0.15) is 40.9 Å². The number of aromatic nitrogens is 4. The van der Waals surface area contributed by atoms with Crippen LogP contribution in [-0.2, 0) is 13.1 Å². The van der Waals surface area contributed by atoms with E-state index < -0.39 is 0 Å². The van der Waals surface area contributed by atoms with Crippen molar-refractivity contribution in [2.45, 2.75) is 31.8 Å². The van der Waals surface area contributed by atoms with E-state index in [1.54, 1.807) is 6.07 Å². The highest BCUT2D eigenvalue weighted by Crippen LogP contribution is 2.40. The van der Waals surface area contributed by atoms with Crippen LogP contribution in [0.3, 0.4) is 0 Å². The number of amides is 1. The van der Waals surface area contributed by atoms with Crippen LogP contribution in [0.5, 0.6) is 0 Å². The van der Waals surface area contributed by atoms with E-state index >= 15 is 0 Å². The van der Waals surface area contributed by atoms with Crippen LogP contribution in [0.2, 0.25) is 5.02 Å². The lowest BCUT2D eigenvalue weighted by Gasteiger charge is -2.28. The molecule has 1 fully saturated rings. The van der Waals surface area contributed by atoms with Crippen LogP contribution < -0.4 is 0 Å². The number of hydrogen-bond acceptors (Lipinski definition) is 3. The Morgan fingerprint density at radius 2 is 2.17 bits per heavy atom. The number of carbonyl (C=O) groups is 1. The molecule has 2 aliphatic rings. The molecule has 0 radical (unpaired) electrons. The maximum atomic E-state index is 12.8. The third-order valence-corrected chi connectivity index (χ3v) is 5.13. The van der Waals surface area contributed by atoms with Gasteiger partial charge in [0.25, 0.3) is 5.91 Å². The summed E-state index contributed by atoms with van der Waals surface area (Å²) < 4.78 is 2.27. The number of aromatic amines is 1. The van der Waals surface area contributed by atoms with E-state index in [0.29, 0.717) is 40.9 Å². The lowest BCUT2D eigenvalue weighted by molar-refractivity contribution is 0.0699. The van der Waals surface area contributed by atoms with Crippen LogP contribution in [0, 0.1) is 0 Å². The fourth-order valence-electron chi connectivity index (χ4n) is 3.40. The molecule has 3 heterocycles. The molecular formula is C17H16ClN5O. The number of imidazole rings is 2. The number of halogens is 1. The topological polar surface area (TPSA) is 66.8 Å². The van der Waals surface area contributed by atoms with Gasteiger partial charge < -0.3 is 14.5 Å². The van der Waals surface area contributed by atoms with Crippen molar-refractivity contribution in [1.29, 1.82) is 0 Å². The highest BCUT2D eigenvalue weighted by atomic mass is 35.5. The first-order chi connectivity index (χ1) is 11.7. The zero-order chi connectivity index (χ0) is 16.3. The molecule has 0 spiro atoms. The van der Waals surface area contributed by atoms with Gasteiger partial charge >= 0.3 is 0 Å². The summed E-state index contributed by atoms with van der Waals surface area (Å²) >= 11 is 6.16. The number of rotatable bonds is 2. The number of nitrogens with zero attached hydrogens (tertiary/aromatic N) is 4. The standard InChI is InChI=1S/C17H16ClN5O/c18-12-2-1-3-13-14(12)21-15(20-13)17(24)22-6-7-23-11(9-22)8-19-16(23)10-4-5-10/h1-3,8,10H,4-7,9H2,(H,20,21). The third-order valence-electron chi connectivity index (χ3n) is 4.82. The lowest BCUT2D eigenvalue weighted by atomic mass is 10.3. The summed E-state index contributed by atoms with van der Waals surface area (Å²) in [5, 5.41) is 0.574. The van der Waals surface area contributed by atoms with Crippen molar-refractivity contribution in [3.8, 4) is 0 Å². The molecule has 0 unspecified atom stereocenters. The molecule has 0 atom stereocenters. The Balaban J connectivity index is 1.43. The van der Waals surface area contributed by atoms with E-state index in [4.69, 9.17) is 11.6 Å². The Kier molecular flexibility index (Phi) is 2.97. The molecule has 1 saturated carbocycles. The lowest BCUT2D eigenvalue weighted by Crippen LogP contribution is -2.38. The maximum Gasteiger partial charge on any atom is 0.290 e. The van der Waals surface area contributed by atoms with Gasteiger partial charge in [-0.05, 0) is 25.0 Å². The minimum absolute atomic E-state index is 0.0947. The SMILES string of the molecule is O=C(c1nc2cccc(Cl)c2[nH]1)N1CCn2c(cnc2C2CC2)C1. The van der Waals surface area contributed by atoms with Gasteiger partial charge in [-0.15, -0.1) is 0 Å². The van der Waals surface area contributed by atoms with Crippen molar-refractivity contribution in [3.63, 3.8) is 0 Å².